The van der Waals surface area contributed by atoms with E-state index < -0.39 is 11.5 Å². The van der Waals surface area contributed by atoms with Gasteiger partial charge in [0.2, 0.25) is 5.91 Å². The van der Waals surface area contributed by atoms with Crippen molar-refractivity contribution in [2.75, 3.05) is 6.54 Å². The minimum atomic E-state index is -1.07. The quantitative estimate of drug-likeness (QED) is 0.139. The normalized spacial score (nSPS) is 13.5. The molecule has 0 saturated heterocycles. The molecule has 10 heteroatoms. The van der Waals surface area contributed by atoms with E-state index in [0.29, 0.717) is 35.2 Å². The number of nitrogens with one attached hydrogen (secondary N) is 3. The first-order valence-corrected chi connectivity index (χ1v) is 13.1. The Bertz CT molecular complexity index is 1380. The molecule has 1 fully saturated rings. The summed E-state index contributed by atoms with van der Waals surface area (Å²) in [6, 6.07) is 7.27. The summed E-state index contributed by atoms with van der Waals surface area (Å²) in [6.07, 6.45) is 7.18. The van der Waals surface area contributed by atoms with Crippen LogP contribution in [0.1, 0.15) is 74.8 Å². The van der Waals surface area contributed by atoms with E-state index in [2.05, 4.69) is 10.3 Å². The molecular formula is C28H36N4O6. The molecule has 5 N–H and O–H groups in total. The number of benzene rings is 1. The van der Waals surface area contributed by atoms with E-state index in [1.807, 2.05) is 18.2 Å². The van der Waals surface area contributed by atoms with Crippen LogP contribution in [-0.4, -0.2) is 44.3 Å². The zero-order valence-corrected chi connectivity index (χ0v) is 22.1. The Morgan fingerprint density at radius 1 is 1.13 bits per heavy atom. The lowest BCUT2D eigenvalue weighted by Crippen LogP contribution is -2.25. The molecule has 2 aromatic heterocycles. The maximum absolute atomic E-state index is 13.0. The Hall–Kier alpha value is -3.63. The number of H-pyrrole nitrogens is 1. The number of hydroxylamine groups is 1. The molecule has 0 unspecified atom stereocenters. The lowest BCUT2D eigenvalue weighted by atomic mass is 9.93. The highest BCUT2D eigenvalue weighted by Gasteiger charge is 2.27. The number of aliphatic hydroxyl groups is 1. The van der Waals surface area contributed by atoms with Crippen molar-refractivity contribution in [1.82, 2.24) is 20.3 Å². The van der Waals surface area contributed by atoms with E-state index in [9.17, 15) is 19.5 Å². The molecule has 38 heavy (non-hydrogen) atoms. The summed E-state index contributed by atoms with van der Waals surface area (Å²) in [4.78, 5) is 39.9. The second-order valence-electron chi connectivity index (χ2n) is 10.5. The van der Waals surface area contributed by atoms with Gasteiger partial charge in [0.15, 0.2) is 0 Å². The molecule has 2 amide bonds. The van der Waals surface area contributed by atoms with Gasteiger partial charge in [-0.15, -0.1) is 0 Å². The number of hydrogen-bond acceptors (Lipinski definition) is 6. The zero-order valence-electron chi connectivity index (χ0n) is 22.1. The molecule has 0 atom stereocenters. The van der Waals surface area contributed by atoms with Crippen molar-refractivity contribution in [3.63, 3.8) is 0 Å². The lowest BCUT2D eigenvalue weighted by Gasteiger charge is -2.21. The van der Waals surface area contributed by atoms with Crippen LogP contribution < -0.4 is 21.1 Å². The summed E-state index contributed by atoms with van der Waals surface area (Å²) < 4.78 is 7.65. The monoisotopic (exact) mass is 524 g/mol. The third-order valence-corrected chi connectivity index (χ3v) is 6.74. The van der Waals surface area contributed by atoms with Crippen molar-refractivity contribution in [3.8, 4) is 16.9 Å². The van der Waals surface area contributed by atoms with Gasteiger partial charge in [-0.05, 0) is 63.3 Å². The van der Waals surface area contributed by atoms with Crippen LogP contribution in [0, 0.1) is 0 Å². The van der Waals surface area contributed by atoms with Crippen molar-refractivity contribution in [1.29, 1.82) is 0 Å². The first kappa shape index (κ1) is 27.4. The van der Waals surface area contributed by atoms with Crippen LogP contribution >= 0.6 is 0 Å². The van der Waals surface area contributed by atoms with E-state index in [4.69, 9.17) is 9.94 Å². The van der Waals surface area contributed by atoms with Crippen molar-refractivity contribution in [3.05, 3.63) is 52.1 Å². The number of ether oxygens (including phenoxy) is 1. The molecule has 1 aromatic carbocycles. The van der Waals surface area contributed by atoms with Gasteiger partial charge in [-0.2, -0.15) is 0 Å². The highest BCUT2D eigenvalue weighted by atomic mass is 16.5. The maximum atomic E-state index is 13.0. The number of fused-ring (bicyclic) bond motifs is 1. The first-order chi connectivity index (χ1) is 18.1. The minimum Gasteiger partial charge on any atom is -0.490 e. The predicted molar refractivity (Wildman–Crippen MR) is 143 cm³/mol. The van der Waals surface area contributed by atoms with Crippen LogP contribution in [0.2, 0.25) is 0 Å². The van der Waals surface area contributed by atoms with E-state index >= 15 is 0 Å². The van der Waals surface area contributed by atoms with E-state index in [0.717, 1.165) is 43.2 Å². The van der Waals surface area contributed by atoms with Crippen molar-refractivity contribution < 1.29 is 24.6 Å². The molecule has 1 saturated carbocycles. The number of carbonyl (C=O) groups excluding carboxylic acids is 2. The summed E-state index contributed by atoms with van der Waals surface area (Å²) in [7, 11) is 1.66. The summed E-state index contributed by atoms with van der Waals surface area (Å²) >= 11 is 0. The molecule has 204 valence electrons. The maximum Gasteiger partial charge on any atom is 0.274 e. The highest BCUT2D eigenvalue weighted by molar-refractivity contribution is 6.03. The summed E-state index contributed by atoms with van der Waals surface area (Å²) in [5.74, 6) is -0.0432. The predicted octanol–water partition coefficient (Wildman–Crippen LogP) is 3.49. The van der Waals surface area contributed by atoms with Crippen LogP contribution in [-0.2, 0) is 17.4 Å². The Kier molecular flexibility index (Phi) is 8.23. The third kappa shape index (κ3) is 6.43. The first-order valence-electron chi connectivity index (χ1n) is 13.1. The number of aromatic amines is 1. The fourth-order valence-electron chi connectivity index (χ4n) is 4.38. The highest BCUT2D eigenvalue weighted by Crippen LogP contribution is 2.39. The van der Waals surface area contributed by atoms with Gasteiger partial charge in [-0.1, -0.05) is 18.9 Å². The lowest BCUT2D eigenvalue weighted by molar-refractivity contribution is -0.129. The number of amides is 2. The van der Waals surface area contributed by atoms with E-state index in [1.165, 1.54) is 4.57 Å². The van der Waals surface area contributed by atoms with Crippen LogP contribution in [0.4, 0.5) is 0 Å². The van der Waals surface area contributed by atoms with Crippen LogP contribution in [0.25, 0.3) is 22.0 Å². The average Bonchev–Trinajstić information content (AvgIpc) is 3.58. The smallest absolute Gasteiger partial charge is 0.274 e. The molecule has 2 heterocycles. The summed E-state index contributed by atoms with van der Waals surface area (Å²) in [5.41, 5.74) is 3.09. The second-order valence-corrected chi connectivity index (χ2v) is 10.5. The van der Waals surface area contributed by atoms with Gasteiger partial charge in [0, 0.05) is 42.7 Å². The standard InChI is InChI=1S/C28H36N4O6/c1-28(2,36)17-9-12-23(38-18-10-11-18)19(14-17)21-16-32(3)27(35)25-20(21)15-22(30-25)26(34)29-13-7-5-4-6-8-24(33)31-37/h9,12,14-16,18,30,36-37H,4-8,10-11,13H2,1-3H3,(H,29,34)(H,31,33). The number of aromatic nitrogens is 2. The Morgan fingerprint density at radius 3 is 2.55 bits per heavy atom. The van der Waals surface area contributed by atoms with Crippen LogP contribution in [0.15, 0.2) is 35.3 Å². The molecule has 10 nitrogen and oxygen atoms in total. The fraction of sp³-hybridized carbons (Fsp3) is 0.464. The molecule has 1 aliphatic carbocycles. The zero-order chi connectivity index (χ0) is 27.4. The molecule has 0 bridgehead atoms. The van der Waals surface area contributed by atoms with Crippen LogP contribution in [0.5, 0.6) is 5.75 Å². The van der Waals surface area contributed by atoms with Crippen LogP contribution in [0.3, 0.4) is 0 Å². The van der Waals surface area contributed by atoms with Crippen molar-refractivity contribution in [2.45, 2.75) is 70.5 Å². The molecule has 0 aliphatic heterocycles. The number of nitrogens with zero attached hydrogens (tertiary/aromatic N) is 1. The summed E-state index contributed by atoms with van der Waals surface area (Å²) in [6.45, 7) is 3.89. The van der Waals surface area contributed by atoms with Gasteiger partial charge in [0.25, 0.3) is 11.5 Å². The molecule has 4 rings (SSSR count). The Balaban J connectivity index is 1.57. The molecule has 3 aromatic rings. The van der Waals surface area contributed by atoms with E-state index in [1.54, 1.807) is 38.6 Å². The molecular weight excluding hydrogens is 488 g/mol. The van der Waals surface area contributed by atoms with E-state index in [-0.39, 0.29) is 29.7 Å². The van der Waals surface area contributed by atoms with Crippen molar-refractivity contribution in [2.24, 2.45) is 7.05 Å². The SMILES string of the molecule is Cn1cc(-c2cc(C(C)(C)O)ccc2OC2CC2)c2cc(C(=O)NCCCCCCC(=O)NO)[nH]c2c1=O. The third-order valence-electron chi connectivity index (χ3n) is 6.74. The molecule has 0 radical (unpaired) electrons. The largest absolute Gasteiger partial charge is 0.490 e. The second kappa shape index (κ2) is 11.4. The number of hydrogen-bond donors (Lipinski definition) is 5. The van der Waals surface area contributed by atoms with Gasteiger partial charge in [-0.3, -0.25) is 19.6 Å². The fourth-order valence-corrected chi connectivity index (χ4v) is 4.38. The number of pyridine rings is 1. The Labute approximate surface area is 221 Å². The Morgan fingerprint density at radius 2 is 1.87 bits per heavy atom. The van der Waals surface area contributed by atoms with Gasteiger partial charge in [0.1, 0.15) is 17.0 Å². The molecule has 1 aliphatic rings. The van der Waals surface area contributed by atoms with Crippen molar-refractivity contribution >= 4 is 22.7 Å². The average molecular weight is 525 g/mol. The van der Waals surface area contributed by atoms with Gasteiger partial charge < -0.3 is 24.7 Å². The minimum absolute atomic E-state index is 0.157. The summed E-state index contributed by atoms with van der Waals surface area (Å²) in [5, 5.41) is 22.6. The number of carbonyl (C=O) groups is 2. The molecule has 0 spiro atoms. The van der Waals surface area contributed by atoms with Gasteiger partial charge in [0.05, 0.1) is 11.7 Å². The topological polar surface area (TPSA) is 146 Å². The van der Waals surface area contributed by atoms with Gasteiger partial charge in [-0.25, -0.2) is 5.48 Å². The number of unbranched alkanes of at least 4 members (excludes halogenated alkanes) is 3. The number of aryl methyl sites for hydroxylation is 1. The number of rotatable bonds is 12. The van der Waals surface area contributed by atoms with Gasteiger partial charge >= 0.3 is 0 Å².